The van der Waals surface area contributed by atoms with E-state index in [1.54, 1.807) is 0 Å². The van der Waals surface area contributed by atoms with Crippen LogP contribution in [0.15, 0.2) is 0 Å². The second-order valence-corrected chi connectivity index (χ2v) is 3.66. The van der Waals surface area contributed by atoms with E-state index in [9.17, 15) is 14.4 Å². The number of aliphatic carboxylic acids is 2. The van der Waals surface area contributed by atoms with E-state index in [0.717, 1.165) is 0 Å². The average Bonchev–Trinajstić information content (AvgIpc) is 2.20. The smallest absolute Gasteiger partial charge is 0.314 e. The molecule has 6 heteroatoms. The molecule has 0 aliphatic rings. The van der Waals surface area contributed by atoms with Gasteiger partial charge in [0.25, 0.3) is 0 Å². The van der Waals surface area contributed by atoms with Crippen LogP contribution in [0.1, 0.15) is 26.2 Å². The van der Waals surface area contributed by atoms with Crippen molar-refractivity contribution in [3.05, 3.63) is 0 Å². The number of carbonyl (C=O) groups excluding carboxylic acids is 1. The molecule has 0 aromatic heterocycles. The Morgan fingerprint density at radius 1 is 1.19 bits per heavy atom. The standard InChI is InChI=1S/C10H16O6/c1-6(3-2-4-11)9(14)7(10(15)16)5-8(12)13/h6-7,11H,2-5H2,1H3,(H,12,13)(H,15,16). The van der Waals surface area contributed by atoms with Crippen molar-refractivity contribution < 1.29 is 29.7 Å². The van der Waals surface area contributed by atoms with Crippen molar-refractivity contribution in [3.8, 4) is 0 Å². The number of hydrogen-bond donors (Lipinski definition) is 3. The fourth-order valence-electron chi connectivity index (χ4n) is 1.37. The van der Waals surface area contributed by atoms with E-state index >= 15 is 0 Å². The molecule has 6 nitrogen and oxygen atoms in total. The highest BCUT2D eigenvalue weighted by atomic mass is 16.4. The number of aliphatic hydroxyl groups excluding tert-OH is 1. The SMILES string of the molecule is CC(CCCO)C(=O)C(CC(=O)O)C(=O)O. The van der Waals surface area contributed by atoms with E-state index in [1.807, 2.05) is 0 Å². The maximum Gasteiger partial charge on any atom is 0.314 e. The molecule has 0 rings (SSSR count). The van der Waals surface area contributed by atoms with Crippen molar-refractivity contribution in [2.45, 2.75) is 26.2 Å². The van der Waals surface area contributed by atoms with E-state index in [-0.39, 0.29) is 6.61 Å². The number of carbonyl (C=O) groups is 3. The average molecular weight is 232 g/mol. The van der Waals surface area contributed by atoms with Gasteiger partial charge in [-0.15, -0.1) is 0 Å². The lowest BCUT2D eigenvalue weighted by atomic mass is 9.89. The summed E-state index contributed by atoms with van der Waals surface area (Å²) in [5.74, 6) is -5.36. The summed E-state index contributed by atoms with van der Waals surface area (Å²) in [6.07, 6.45) is 0.0582. The number of Topliss-reactive ketones (excluding diaryl/α,β-unsaturated/α-hetero) is 1. The quantitative estimate of drug-likeness (QED) is 0.513. The van der Waals surface area contributed by atoms with Crippen LogP contribution in [0.25, 0.3) is 0 Å². The molecule has 0 aliphatic heterocycles. The number of rotatable bonds is 8. The monoisotopic (exact) mass is 232 g/mol. The lowest BCUT2D eigenvalue weighted by Crippen LogP contribution is -2.30. The molecule has 0 aromatic carbocycles. The van der Waals surface area contributed by atoms with Gasteiger partial charge in [-0.05, 0) is 12.8 Å². The van der Waals surface area contributed by atoms with Gasteiger partial charge in [-0.2, -0.15) is 0 Å². The normalized spacial score (nSPS) is 14.1. The van der Waals surface area contributed by atoms with Gasteiger partial charge < -0.3 is 15.3 Å². The number of hydrogen-bond acceptors (Lipinski definition) is 4. The predicted octanol–water partition coefficient (Wildman–Crippen LogP) is 0.140. The first kappa shape index (κ1) is 14.6. The summed E-state index contributed by atoms with van der Waals surface area (Å²) in [4.78, 5) is 32.7. The highest BCUT2D eigenvalue weighted by Crippen LogP contribution is 2.16. The van der Waals surface area contributed by atoms with Crippen LogP contribution >= 0.6 is 0 Å². The van der Waals surface area contributed by atoms with Gasteiger partial charge in [0.15, 0.2) is 0 Å². The number of ketones is 1. The third-order valence-corrected chi connectivity index (χ3v) is 2.30. The van der Waals surface area contributed by atoms with E-state index in [4.69, 9.17) is 15.3 Å². The Bertz CT molecular complexity index is 272. The summed E-state index contributed by atoms with van der Waals surface area (Å²) in [5, 5.41) is 25.8. The molecule has 0 saturated heterocycles. The Hall–Kier alpha value is -1.43. The zero-order valence-electron chi connectivity index (χ0n) is 9.05. The first-order valence-electron chi connectivity index (χ1n) is 4.99. The fraction of sp³-hybridized carbons (Fsp3) is 0.700. The largest absolute Gasteiger partial charge is 0.481 e. The van der Waals surface area contributed by atoms with Gasteiger partial charge in [-0.25, -0.2) is 0 Å². The molecule has 0 aliphatic carbocycles. The zero-order chi connectivity index (χ0) is 12.7. The first-order chi connectivity index (χ1) is 7.40. The van der Waals surface area contributed by atoms with E-state index in [0.29, 0.717) is 12.8 Å². The summed E-state index contributed by atoms with van der Waals surface area (Å²) in [7, 11) is 0. The highest BCUT2D eigenvalue weighted by molar-refractivity contribution is 6.01. The molecule has 0 saturated carbocycles. The van der Waals surface area contributed by atoms with Crippen LogP contribution in [0.5, 0.6) is 0 Å². The van der Waals surface area contributed by atoms with Crippen LogP contribution < -0.4 is 0 Å². The molecule has 92 valence electrons. The van der Waals surface area contributed by atoms with Crippen molar-refractivity contribution in [2.75, 3.05) is 6.61 Å². The van der Waals surface area contributed by atoms with Crippen molar-refractivity contribution in [3.63, 3.8) is 0 Å². The van der Waals surface area contributed by atoms with Gasteiger partial charge in [0.2, 0.25) is 0 Å². The minimum Gasteiger partial charge on any atom is -0.481 e. The number of carboxylic acids is 2. The summed E-state index contributed by atoms with van der Waals surface area (Å²) in [6, 6.07) is 0. The Kier molecular flexibility index (Phi) is 6.32. The summed E-state index contributed by atoms with van der Waals surface area (Å²) >= 11 is 0. The zero-order valence-corrected chi connectivity index (χ0v) is 9.05. The third kappa shape index (κ3) is 4.88. The molecule has 2 unspecified atom stereocenters. The summed E-state index contributed by atoms with van der Waals surface area (Å²) < 4.78 is 0. The van der Waals surface area contributed by atoms with Crippen molar-refractivity contribution in [1.29, 1.82) is 0 Å². The topological polar surface area (TPSA) is 112 Å². The highest BCUT2D eigenvalue weighted by Gasteiger charge is 2.31. The maximum absolute atomic E-state index is 11.6. The molecule has 0 aromatic rings. The maximum atomic E-state index is 11.6. The minimum absolute atomic E-state index is 0.0751. The Morgan fingerprint density at radius 2 is 1.75 bits per heavy atom. The second-order valence-electron chi connectivity index (χ2n) is 3.66. The van der Waals surface area contributed by atoms with Gasteiger partial charge in [0, 0.05) is 12.5 Å². The Morgan fingerprint density at radius 3 is 2.12 bits per heavy atom. The summed E-state index contributed by atoms with van der Waals surface area (Å²) in [6.45, 7) is 1.46. The van der Waals surface area contributed by atoms with E-state index in [1.165, 1.54) is 6.92 Å². The Balaban J connectivity index is 4.48. The third-order valence-electron chi connectivity index (χ3n) is 2.30. The van der Waals surface area contributed by atoms with Gasteiger partial charge in [-0.3, -0.25) is 14.4 Å². The molecule has 16 heavy (non-hydrogen) atoms. The lowest BCUT2D eigenvalue weighted by molar-refractivity contribution is -0.153. The van der Waals surface area contributed by atoms with Crippen molar-refractivity contribution >= 4 is 17.7 Å². The molecule has 0 fully saturated rings. The Labute approximate surface area is 92.9 Å². The lowest BCUT2D eigenvalue weighted by Gasteiger charge is -2.14. The van der Waals surface area contributed by atoms with Crippen LogP contribution in [0.3, 0.4) is 0 Å². The van der Waals surface area contributed by atoms with Crippen molar-refractivity contribution in [1.82, 2.24) is 0 Å². The van der Waals surface area contributed by atoms with Gasteiger partial charge >= 0.3 is 11.9 Å². The van der Waals surface area contributed by atoms with Crippen LogP contribution in [0.2, 0.25) is 0 Å². The molecule has 0 bridgehead atoms. The van der Waals surface area contributed by atoms with E-state index < -0.39 is 36.0 Å². The number of aliphatic hydroxyl groups is 1. The molecule has 0 amide bonds. The first-order valence-corrected chi connectivity index (χ1v) is 4.99. The minimum atomic E-state index is -1.49. The molecule has 0 radical (unpaired) electrons. The summed E-state index contributed by atoms with van der Waals surface area (Å²) in [5.41, 5.74) is 0. The van der Waals surface area contributed by atoms with E-state index in [2.05, 4.69) is 0 Å². The van der Waals surface area contributed by atoms with Crippen LogP contribution in [-0.2, 0) is 14.4 Å². The predicted molar refractivity (Wildman–Crippen MR) is 53.9 cm³/mol. The van der Waals surface area contributed by atoms with Crippen LogP contribution in [0, 0.1) is 11.8 Å². The molecule has 0 heterocycles. The van der Waals surface area contributed by atoms with Gasteiger partial charge in [0.05, 0.1) is 6.42 Å². The fourth-order valence-corrected chi connectivity index (χ4v) is 1.37. The molecular formula is C10H16O6. The van der Waals surface area contributed by atoms with Crippen LogP contribution in [0.4, 0.5) is 0 Å². The van der Waals surface area contributed by atoms with Crippen molar-refractivity contribution in [2.24, 2.45) is 11.8 Å². The molecule has 3 N–H and O–H groups in total. The number of carboxylic acid groups (broad SMARTS) is 2. The van der Waals surface area contributed by atoms with Crippen LogP contribution in [-0.4, -0.2) is 39.6 Å². The molecule has 2 atom stereocenters. The molecule has 0 spiro atoms. The van der Waals surface area contributed by atoms with Gasteiger partial charge in [0.1, 0.15) is 11.7 Å². The van der Waals surface area contributed by atoms with Gasteiger partial charge in [-0.1, -0.05) is 6.92 Å². The molecular weight excluding hydrogens is 216 g/mol. The second kappa shape index (κ2) is 6.95.